The van der Waals surface area contributed by atoms with Crippen LogP contribution in [0.4, 0.5) is 0 Å². The zero-order valence-electron chi connectivity index (χ0n) is 12.5. The average Bonchev–Trinajstić information content (AvgIpc) is 2.42. The summed E-state index contributed by atoms with van der Waals surface area (Å²) < 4.78 is 10.6. The molecule has 5 heteroatoms. The van der Waals surface area contributed by atoms with E-state index in [9.17, 15) is 9.59 Å². The van der Waals surface area contributed by atoms with Gasteiger partial charge in [-0.3, -0.25) is 14.5 Å². The second-order valence-electron chi connectivity index (χ2n) is 5.31. The summed E-state index contributed by atoms with van der Waals surface area (Å²) in [5.41, 5.74) is 1.21. The lowest BCUT2D eigenvalue weighted by Crippen LogP contribution is -2.49. The molecule has 0 aliphatic carbocycles. The Morgan fingerprint density at radius 1 is 1.10 bits per heavy atom. The molecule has 0 radical (unpaired) electrons. The van der Waals surface area contributed by atoms with Gasteiger partial charge in [-0.05, 0) is 5.56 Å². The molecule has 0 amide bonds. The predicted molar refractivity (Wildman–Crippen MR) is 77.4 cm³/mol. The molecular weight excluding hydrogens is 270 g/mol. The summed E-state index contributed by atoms with van der Waals surface area (Å²) >= 11 is 0. The van der Waals surface area contributed by atoms with Gasteiger partial charge in [-0.25, -0.2) is 0 Å². The number of nitrogens with zero attached hydrogens (tertiary/aromatic N) is 1. The van der Waals surface area contributed by atoms with E-state index >= 15 is 0 Å². The van der Waals surface area contributed by atoms with E-state index in [1.165, 1.54) is 19.4 Å². The first kappa shape index (κ1) is 15.5. The molecule has 1 aliphatic rings. The van der Waals surface area contributed by atoms with E-state index in [1.807, 2.05) is 18.2 Å². The molecule has 2 atom stereocenters. The molecule has 0 spiro atoms. The Morgan fingerprint density at radius 2 is 1.71 bits per heavy atom. The lowest BCUT2D eigenvalue weighted by Gasteiger charge is -2.37. The SMILES string of the molecule is CC(=O)O[C@@H]1CCN(Cc2ccccc2)C[C@H]1OC(C)=O. The van der Waals surface area contributed by atoms with Crippen molar-refractivity contribution in [2.24, 2.45) is 0 Å². The van der Waals surface area contributed by atoms with Crippen molar-refractivity contribution in [1.29, 1.82) is 0 Å². The molecule has 0 bridgehead atoms. The summed E-state index contributed by atoms with van der Waals surface area (Å²) in [5.74, 6) is -0.688. The number of ether oxygens (including phenoxy) is 2. The van der Waals surface area contributed by atoms with Gasteiger partial charge < -0.3 is 9.47 Å². The Bertz CT molecular complexity index is 488. The lowest BCUT2D eigenvalue weighted by molar-refractivity contribution is -0.171. The van der Waals surface area contributed by atoms with Crippen LogP contribution in [0, 0.1) is 0 Å². The summed E-state index contributed by atoms with van der Waals surface area (Å²) in [4.78, 5) is 24.6. The van der Waals surface area contributed by atoms with Gasteiger partial charge in [0.1, 0.15) is 6.10 Å². The topological polar surface area (TPSA) is 55.8 Å². The highest BCUT2D eigenvalue weighted by Gasteiger charge is 2.33. The van der Waals surface area contributed by atoms with Gasteiger partial charge in [0.05, 0.1) is 0 Å². The fourth-order valence-electron chi connectivity index (χ4n) is 2.62. The van der Waals surface area contributed by atoms with Gasteiger partial charge in [-0.15, -0.1) is 0 Å². The second-order valence-corrected chi connectivity index (χ2v) is 5.31. The maximum absolute atomic E-state index is 11.2. The van der Waals surface area contributed by atoms with E-state index in [1.54, 1.807) is 0 Å². The summed E-state index contributed by atoms with van der Waals surface area (Å²) in [6, 6.07) is 10.1. The first-order valence-electron chi connectivity index (χ1n) is 7.15. The van der Waals surface area contributed by atoms with E-state index in [4.69, 9.17) is 9.47 Å². The standard InChI is InChI=1S/C16H21NO4/c1-12(18)20-15-8-9-17(11-16(15)21-13(2)19)10-14-6-4-3-5-7-14/h3-7,15-16H,8-11H2,1-2H3/t15-,16-/m1/s1. The second kappa shape index (κ2) is 7.22. The molecule has 0 saturated carbocycles. The van der Waals surface area contributed by atoms with Crippen molar-refractivity contribution >= 4 is 11.9 Å². The Kier molecular flexibility index (Phi) is 5.33. The zero-order chi connectivity index (χ0) is 15.2. The van der Waals surface area contributed by atoms with Gasteiger partial charge in [0, 0.05) is 39.9 Å². The van der Waals surface area contributed by atoms with Gasteiger partial charge in [-0.1, -0.05) is 30.3 Å². The molecule has 1 fully saturated rings. The molecule has 114 valence electrons. The van der Waals surface area contributed by atoms with Gasteiger partial charge in [-0.2, -0.15) is 0 Å². The van der Waals surface area contributed by atoms with Crippen molar-refractivity contribution < 1.29 is 19.1 Å². The van der Waals surface area contributed by atoms with E-state index in [0.717, 1.165) is 13.1 Å². The van der Waals surface area contributed by atoms with Crippen LogP contribution in [0.15, 0.2) is 30.3 Å². The first-order valence-corrected chi connectivity index (χ1v) is 7.15. The van der Waals surface area contributed by atoms with Crippen LogP contribution in [-0.4, -0.2) is 42.1 Å². The number of carbonyl (C=O) groups is 2. The quantitative estimate of drug-likeness (QED) is 0.791. The Hall–Kier alpha value is -1.88. The summed E-state index contributed by atoms with van der Waals surface area (Å²) in [6.07, 6.45) is -0.0769. The lowest BCUT2D eigenvalue weighted by atomic mass is 10.0. The third-order valence-corrected chi connectivity index (χ3v) is 3.47. The third kappa shape index (κ3) is 4.86. The molecule has 1 aromatic rings. The van der Waals surface area contributed by atoms with Crippen molar-refractivity contribution in [2.45, 2.75) is 39.0 Å². The van der Waals surface area contributed by atoms with Gasteiger partial charge in [0.2, 0.25) is 0 Å². The number of carbonyl (C=O) groups excluding carboxylic acids is 2. The monoisotopic (exact) mass is 291 g/mol. The largest absolute Gasteiger partial charge is 0.459 e. The van der Waals surface area contributed by atoms with Crippen molar-refractivity contribution in [2.75, 3.05) is 13.1 Å². The Labute approximate surface area is 124 Å². The minimum absolute atomic E-state index is 0.339. The van der Waals surface area contributed by atoms with E-state index in [-0.39, 0.29) is 18.0 Å². The minimum Gasteiger partial charge on any atom is -0.459 e. The van der Waals surface area contributed by atoms with Crippen LogP contribution < -0.4 is 0 Å². The fourth-order valence-corrected chi connectivity index (χ4v) is 2.62. The van der Waals surface area contributed by atoms with E-state index in [0.29, 0.717) is 13.0 Å². The van der Waals surface area contributed by atoms with Crippen molar-refractivity contribution in [3.05, 3.63) is 35.9 Å². The Morgan fingerprint density at radius 3 is 2.33 bits per heavy atom. The maximum atomic E-state index is 11.2. The van der Waals surface area contributed by atoms with Crippen LogP contribution >= 0.6 is 0 Å². The normalized spacial score (nSPS) is 22.6. The Balaban J connectivity index is 1.98. The van der Waals surface area contributed by atoms with Crippen LogP contribution in [0.2, 0.25) is 0 Å². The summed E-state index contributed by atoms with van der Waals surface area (Å²) in [7, 11) is 0. The molecule has 0 unspecified atom stereocenters. The third-order valence-electron chi connectivity index (χ3n) is 3.47. The first-order chi connectivity index (χ1) is 10.0. The fraction of sp³-hybridized carbons (Fsp3) is 0.500. The predicted octanol–water partition coefficient (Wildman–Crippen LogP) is 1.76. The number of benzene rings is 1. The van der Waals surface area contributed by atoms with Crippen molar-refractivity contribution in [3.8, 4) is 0 Å². The smallest absolute Gasteiger partial charge is 0.303 e. The van der Waals surface area contributed by atoms with Crippen LogP contribution in [-0.2, 0) is 25.6 Å². The number of rotatable bonds is 4. The van der Waals surface area contributed by atoms with Gasteiger partial charge >= 0.3 is 11.9 Å². The van der Waals surface area contributed by atoms with Gasteiger partial charge in [0.25, 0.3) is 0 Å². The average molecular weight is 291 g/mol. The number of hydrogen-bond acceptors (Lipinski definition) is 5. The van der Waals surface area contributed by atoms with Crippen LogP contribution in [0.3, 0.4) is 0 Å². The number of likely N-dealkylation sites (tertiary alicyclic amines) is 1. The van der Waals surface area contributed by atoms with Crippen LogP contribution in [0.1, 0.15) is 25.8 Å². The molecule has 21 heavy (non-hydrogen) atoms. The zero-order valence-corrected chi connectivity index (χ0v) is 12.5. The highest BCUT2D eigenvalue weighted by atomic mass is 16.6. The summed E-state index contributed by atoms with van der Waals surface area (Å²) in [5, 5.41) is 0. The molecule has 2 rings (SSSR count). The number of piperidine rings is 1. The number of esters is 2. The van der Waals surface area contributed by atoms with Gasteiger partial charge in [0.15, 0.2) is 6.10 Å². The molecule has 0 aromatic heterocycles. The molecule has 1 heterocycles. The molecule has 1 saturated heterocycles. The summed E-state index contributed by atoms with van der Waals surface area (Å²) in [6.45, 7) is 4.94. The van der Waals surface area contributed by atoms with Crippen LogP contribution in [0.25, 0.3) is 0 Å². The maximum Gasteiger partial charge on any atom is 0.303 e. The van der Waals surface area contributed by atoms with Crippen molar-refractivity contribution in [3.63, 3.8) is 0 Å². The molecular formula is C16H21NO4. The van der Waals surface area contributed by atoms with Crippen molar-refractivity contribution in [1.82, 2.24) is 4.90 Å². The molecule has 1 aromatic carbocycles. The highest BCUT2D eigenvalue weighted by molar-refractivity contribution is 5.67. The molecule has 0 N–H and O–H groups in total. The van der Waals surface area contributed by atoms with E-state index in [2.05, 4.69) is 17.0 Å². The number of hydrogen-bond donors (Lipinski definition) is 0. The molecule has 5 nitrogen and oxygen atoms in total. The van der Waals surface area contributed by atoms with E-state index < -0.39 is 6.10 Å². The highest BCUT2D eigenvalue weighted by Crippen LogP contribution is 2.19. The molecule has 1 aliphatic heterocycles. The van der Waals surface area contributed by atoms with Crippen LogP contribution in [0.5, 0.6) is 0 Å². The minimum atomic E-state index is -0.399.